The van der Waals surface area contributed by atoms with Crippen LogP contribution >= 0.6 is 0 Å². The first-order valence-corrected chi connectivity index (χ1v) is 7.51. The van der Waals surface area contributed by atoms with Crippen LogP contribution in [0.25, 0.3) is 0 Å². The molecule has 0 spiro atoms. The van der Waals surface area contributed by atoms with Gasteiger partial charge in [-0.15, -0.1) is 0 Å². The summed E-state index contributed by atoms with van der Waals surface area (Å²) in [6.07, 6.45) is 2.01. The molecule has 0 aliphatic carbocycles. The molecule has 0 atom stereocenters. The van der Waals surface area contributed by atoms with Crippen molar-refractivity contribution >= 4 is 10.0 Å². The Kier molecular flexibility index (Phi) is 10.8. The monoisotopic (exact) mass is 268 g/mol. The first-order chi connectivity index (χ1) is 8.12. The van der Waals surface area contributed by atoms with Gasteiger partial charge in [-0.2, -0.15) is 0 Å². The summed E-state index contributed by atoms with van der Waals surface area (Å²) < 4.78 is 35.4. The smallest absolute Gasteiger partial charge is 0.211 e. The van der Waals surface area contributed by atoms with E-state index in [0.29, 0.717) is 45.8 Å². The number of nitrogens with one attached hydrogen (secondary N) is 1. The fraction of sp³-hybridized carbons (Fsp3) is 1.00. The molecule has 0 saturated carbocycles. The molecule has 0 aliphatic heterocycles. The van der Waals surface area contributed by atoms with Crippen molar-refractivity contribution in [2.45, 2.75) is 19.3 Å². The van der Waals surface area contributed by atoms with Gasteiger partial charge in [0.15, 0.2) is 0 Å². The number of methoxy groups -OCH3 is 1. The quantitative estimate of drug-likeness (QED) is 0.474. The van der Waals surface area contributed by atoms with Gasteiger partial charge in [-0.3, -0.25) is 0 Å². The van der Waals surface area contributed by atoms with Gasteiger partial charge in [0.2, 0.25) is 10.0 Å². The molecule has 17 heavy (non-hydrogen) atoms. The maximum absolute atomic E-state index is 11.4. The molecule has 0 fully saturated rings. The molecule has 0 unspecified atom stereocenters. The van der Waals surface area contributed by atoms with Crippen LogP contribution in [0.15, 0.2) is 0 Å². The second-order valence-corrected chi connectivity index (χ2v) is 5.59. The predicted molar refractivity (Wildman–Crippen MR) is 67.4 cm³/mol. The van der Waals surface area contributed by atoms with Gasteiger partial charge in [0, 0.05) is 20.3 Å². The van der Waals surface area contributed by atoms with E-state index in [1.54, 1.807) is 7.11 Å². The molecular formula is C10H24N2O4S. The van der Waals surface area contributed by atoms with Gasteiger partial charge in [0.25, 0.3) is 0 Å². The topological polar surface area (TPSA) is 90.6 Å². The van der Waals surface area contributed by atoms with Crippen LogP contribution in [0.2, 0.25) is 0 Å². The zero-order valence-electron chi connectivity index (χ0n) is 10.5. The second kappa shape index (κ2) is 10.9. The summed E-state index contributed by atoms with van der Waals surface area (Å²) in [5.41, 5.74) is 5.30. The summed E-state index contributed by atoms with van der Waals surface area (Å²) in [5, 5.41) is 0. The van der Waals surface area contributed by atoms with E-state index < -0.39 is 10.0 Å². The van der Waals surface area contributed by atoms with Crippen LogP contribution in [0.3, 0.4) is 0 Å². The van der Waals surface area contributed by atoms with E-state index in [0.717, 1.165) is 6.42 Å². The third-order valence-electron chi connectivity index (χ3n) is 2.09. The van der Waals surface area contributed by atoms with E-state index in [-0.39, 0.29) is 5.75 Å². The van der Waals surface area contributed by atoms with Gasteiger partial charge in [0.1, 0.15) is 0 Å². The van der Waals surface area contributed by atoms with E-state index in [1.807, 2.05) is 0 Å². The third-order valence-corrected chi connectivity index (χ3v) is 3.56. The summed E-state index contributed by atoms with van der Waals surface area (Å²) in [5.74, 6) is 0.148. The van der Waals surface area contributed by atoms with Crippen molar-refractivity contribution in [3.8, 4) is 0 Å². The highest BCUT2D eigenvalue weighted by molar-refractivity contribution is 7.89. The molecule has 0 aromatic heterocycles. The average Bonchev–Trinajstić information content (AvgIpc) is 2.28. The number of hydrogen-bond acceptors (Lipinski definition) is 5. The molecule has 7 heteroatoms. The van der Waals surface area contributed by atoms with Gasteiger partial charge in [-0.25, -0.2) is 13.1 Å². The van der Waals surface area contributed by atoms with E-state index in [2.05, 4.69) is 4.72 Å². The van der Waals surface area contributed by atoms with Crippen molar-refractivity contribution in [2.24, 2.45) is 5.73 Å². The molecule has 3 N–H and O–H groups in total. The predicted octanol–water partition coefficient (Wildman–Crippen LogP) is -0.302. The van der Waals surface area contributed by atoms with Crippen LogP contribution in [-0.4, -0.2) is 54.2 Å². The summed E-state index contributed by atoms with van der Waals surface area (Å²) in [6.45, 7) is 2.58. The SMILES string of the molecule is COCCOCCCNS(=O)(=O)CCCCN. The number of rotatable bonds is 12. The molecule has 0 heterocycles. The number of sulfonamides is 1. The molecule has 0 saturated heterocycles. The standard InChI is InChI=1S/C10H24N2O4S/c1-15-8-9-16-7-4-6-12-17(13,14)10-3-2-5-11/h12H,2-11H2,1H3. The minimum absolute atomic E-state index is 0.148. The van der Waals surface area contributed by atoms with Gasteiger partial charge >= 0.3 is 0 Å². The molecule has 0 bridgehead atoms. The van der Waals surface area contributed by atoms with Gasteiger partial charge in [-0.05, 0) is 25.8 Å². The molecule has 0 amide bonds. The summed E-state index contributed by atoms with van der Waals surface area (Å²) in [6, 6.07) is 0. The Balaban J connectivity index is 3.39. The van der Waals surface area contributed by atoms with Crippen LogP contribution in [0.5, 0.6) is 0 Å². The van der Waals surface area contributed by atoms with Crippen molar-refractivity contribution in [3.63, 3.8) is 0 Å². The van der Waals surface area contributed by atoms with Crippen LogP contribution < -0.4 is 10.5 Å². The lowest BCUT2D eigenvalue weighted by Gasteiger charge is -2.06. The molecule has 0 rings (SSSR count). The van der Waals surface area contributed by atoms with E-state index in [1.165, 1.54) is 0 Å². The molecule has 0 aliphatic rings. The third kappa shape index (κ3) is 12.0. The molecule has 6 nitrogen and oxygen atoms in total. The van der Waals surface area contributed by atoms with Crippen molar-refractivity contribution in [2.75, 3.05) is 45.8 Å². The van der Waals surface area contributed by atoms with E-state index in [4.69, 9.17) is 15.2 Å². The van der Waals surface area contributed by atoms with Crippen molar-refractivity contribution in [1.82, 2.24) is 4.72 Å². The number of nitrogens with two attached hydrogens (primary N) is 1. The molecule has 0 aromatic rings. The lowest BCUT2D eigenvalue weighted by atomic mass is 10.3. The zero-order valence-corrected chi connectivity index (χ0v) is 11.3. The van der Waals surface area contributed by atoms with Crippen LogP contribution in [-0.2, 0) is 19.5 Å². The Morgan fingerprint density at radius 2 is 1.88 bits per heavy atom. The first kappa shape index (κ1) is 16.8. The van der Waals surface area contributed by atoms with Crippen molar-refractivity contribution < 1.29 is 17.9 Å². The highest BCUT2D eigenvalue weighted by atomic mass is 32.2. The average molecular weight is 268 g/mol. The molecular weight excluding hydrogens is 244 g/mol. The minimum Gasteiger partial charge on any atom is -0.382 e. The fourth-order valence-corrected chi connectivity index (χ4v) is 2.34. The molecule has 104 valence electrons. The fourth-order valence-electron chi connectivity index (χ4n) is 1.15. The Morgan fingerprint density at radius 3 is 2.53 bits per heavy atom. The highest BCUT2D eigenvalue weighted by Crippen LogP contribution is 1.93. The maximum atomic E-state index is 11.4. The van der Waals surface area contributed by atoms with Crippen molar-refractivity contribution in [1.29, 1.82) is 0 Å². The summed E-state index contributed by atoms with van der Waals surface area (Å²) in [4.78, 5) is 0. The maximum Gasteiger partial charge on any atom is 0.211 e. The number of ether oxygens (including phenoxy) is 2. The minimum atomic E-state index is -3.14. The summed E-state index contributed by atoms with van der Waals surface area (Å²) >= 11 is 0. The van der Waals surface area contributed by atoms with Crippen LogP contribution in [0.1, 0.15) is 19.3 Å². The van der Waals surface area contributed by atoms with Gasteiger partial charge in [-0.1, -0.05) is 0 Å². The second-order valence-electron chi connectivity index (χ2n) is 3.67. The first-order valence-electron chi connectivity index (χ1n) is 5.86. The summed E-state index contributed by atoms with van der Waals surface area (Å²) in [7, 11) is -1.53. The normalized spacial score (nSPS) is 11.9. The largest absolute Gasteiger partial charge is 0.382 e. The molecule has 0 radical (unpaired) electrons. The Bertz CT molecular complexity index is 257. The Morgan fingerprint density at radius 1 is 1.12 bits per heavy atom. The zero-order chi connectivity index (χ0) is 13.0. The Labute approximate surface area is 104 Å². The van der Waals surface area contributed by atoms with Gasteiger partial charge < -0.3 is 15.2 Å². The number of unbranched alkanes of at least 4 members (excludes halogenated alkanes) is 1. The van der Waals surface area contributed by atoms with Crippen molar-refractivity contribution in [3.05, 3.63) is 0 Å². The lowest BCUT2D eigenvalue weighted by molar-refractivity contribution is 0.0699. The van der Waals surface area contributed by atoms with Crippen LogP contribution in [0.4, 0.5) is 0 Å². The molecule has 0 aromatic carbocycles. The van der Waals surface area contributed by atoms with E-state index >= 15 is 0 Å². The Hall–Kier alpha value is -0.210. The van der Waals surface area contributed by atoms with Crippen LogP contribution in [0, 0.1) is 0 Å². The van der Waals surface area contributed by atoms with E-state index in [9.17, 15) is 8.42 Å². The van der Waals surface area contributed by atoms with Gasteiger partial charge in [0.05, 0.1) is 19.0 Å². The lowest BCUT2D eigenvalue weighted by Crippen LogP contribution is -2.28. The number of hydrogen-bond donors (Lipinski definition) is 2. The highest BCUT2D eigenvalue weighted by Gasteiger charge is 2.07.